The van der Waals surface area contributed by atoms with E-state index in [0.29, 0.717) is 18.5 Å². The summed E-state index contributed by atoms with van der Waals surface area (Å²) in [6.07, 6.45) is 2.17. The molecule has 0 fully saturated rings. The third-order valence-electron chi connectivity index (χ3n) is 4.38. The summed E-state index contributed by atoms with van der Waals surface area (Å²) in [4.78, 5) is 2.56. The number of fused-ring (bicyclic) bond motifs is 1. The van der Waals surface area contributed by atoms with Gasteiger partial charge in [0, 0.05) is 12.2 Å². The second-order valence-corrected chi connectivity index (χ2v) is 6.09. The highest BCUT2D eigenvalue weighted by atomic mass is 15.2. The molecule has 2 nitrogen and oxygen atoms in total. The predicted octanol–water partition coefficient (Wildman–Crippen LogP) is 3.78. The van der Waals surface area contributed by atoms with E-state index in [-0.39, 0.29) is 0 Å². The second-order valence-electron chi connectivity index (χ2n) is 6.09. The lowest BCUT2D eigenvalue weighted by molar-refractivity contribution is 0.475. The van der Waals surface area contributed by atoms with E-state index in [9.17, 15) is 0 Å². The second kappa shape index (κ2) is 6.31. The smallest absolute Gasteiger partial charge is 0.0554 e. The molecule has 1 aliphatic rings. The minimum absolute atomic E-state index is 0.375. The van der Waals surface area contributed by atoms with Gasteiger partial charge in [-0.25, -0.2) is 0 Å². The lowest BCUT2D eigenvalue weighted by Gasteiger charge is -2.40. The van der Waals surface area contributed by atoms with E-state index in [4.69, 9.17) is 5.73 Å². The first-order valence-corrected chi connectivity index (χ1v) is 7.89. The summed E-state index contributed by atoms with van der Waals surface area (Å²) in [6, 6.07) is 20.0. The molecule has 0 aliphatic carbocycles. The third kappa shape index (κ3) is 2.96. The van der Waals surface area contributed by atoms with Gasteiger partial charge in [0.25, 0.3) is 0 Å². The Bertz CT molecular complexity index is 579. The molecule has 0 saturated heterocycles. The van der Waals surface area contributed by atoms with Gasteiger partial charge in [0.15, 0.2) is 0 Å². The van der Waals surface area contributed by atoms with Gasteiger partial charge >= 0.3 is 0 Å². The fourth-order valence-electron chi connectivity index (χ4n) is 3.47. The van der Waals surface area contributed by atoms with E-state index in [0.717, 1.165) is 13.0 Å². The van der Waals surface area contributed by atoms with E-state index in [1.165, 1.54) is 23.2 Å². The fourth-order valence-corrected chi connectivity index (χ4v) is 3.47. The summed E-state index contributed by atoms with van der Waals surface area (Å²) in [7, 11) is 0. The number of nitrogens with zero attached hydrogens (tertiary/aromatic N) is 1. The Balaban J connectivity index is 2.00. The Kier molecular flexibility index (Phi) is 4.26. The molecule has 1 heterocycles. The first-order valence-electron chi connectivity index (χ1n) is 7.89. The zero-order chi connectivity index (χ0) is 14.7. The van der Waals surface area contributed by atoms with Crippen molar-refractivity contribution in [1.82, 2.24) is 0 Å². The minimum Gasteiger partial charge on any atom is -0.364 e. The van der Waals surface area contributed by atoms with Crippen LogP contribution in [0, 0.1) is 5.92 Å². The molecule has 0 bridgehead atoms. The zero-order valence-corrected chi connectivity index (χ0v) is 12.7. The van der Waals surface area contributed by atoms with Crippen molar-refractivity contribution < 1.29 is 0 Å². The van der Waals surface area contributed by atoms with Crippen LogP contribution in [0.5, 0.6) is 0 Å². The van der Waals surface area contributed by atoms with Crippen molar-refractivity contribution in [3.05, 3.63) is 65.7 Å². The van der Waals surface area contributed by atoms with Gasteiger partial charge in [0.1, 0.15) is 0 Å². The summed E-state index contributed by atoms with van der Waals surface area (Å²) in [5, 5.41) is 0. The van der Waals surface area contributed by atoms with Gasteiger partial charge in [-0.05, 0) is 42.5 Å². The van der Waals surface area contributed by atoms with Crippen LogP contribution in [0.4, 0.5) is 5.69 Å². The molecular formula is C19H24N2. The Morgan fingerprint density at radius 3 is 2.57 bits per heavy atom. The normalized spacial score (nSPS) is 19.1. The fraction of sp³-hybridized carbons (Fsp3) is 0.368. The minimum atomic E-state index is 0.375. The highest BCUT2D eigenvalue weighted by Gasteiger charge is 2.27. The van der Waals surface area contributed by atoms with E-state index < -0.39 is 0 Å². The molecule has 110 valence electrons. The number of nitrogens with two attached hydrogens (primary N) is 1. The Morgan fingerprint density at radius 1 is 1.10 bits per heavy atom. The van der Waals surface area contributed by atoms with Crippen LogP contribution in [-0.4, -0.2) is 13.1 Å². The molecule has 0 amide bonds. The van der Waals surface area contributed by atoms with Gasteiger partial charge in [0.2, 0.25) is 0 Å². The van der Waals surface area contributed by atoms with Crippen LogP contribution in [0.2, 0.25) is 0 Å². The van der Waals surface area contributed by atoms with Crippen LogP contribution in [0.15, 0.2) is 54.6 Å². The number of benzene rings is 2. The summed E-state index contributed by atoms with van der Waals surface area (Å²) < 4.78 is 0. The summed E-state index contributed by atoms with van der Waals surface area (Å²) >= 11 is 0. The number of anilines is 1. The molecule has 2 unspecified atom stereocenters. The van der Waals surface area contributed by atoms with E-state index in [2.05, 4.69) is 66.4 Å². The molecule has 0 aromatic heterocycles. The highest BCUT2D eigenvalue weighted by molar-refractivity contribution is 5.57. The Labute approximate surface area is 127 Å². The maximum absolute atomic E-state index is 5.90. The van der Waals surface area contributed by atoms with Gasteiger partial charge in [0.05, 0.1) is 6.04 Å². The zero-order valence-electron chi connectivity index (χ0n) is 12.7. The van der Waals surface area contributed by atoms with Crippen LogP contribution < -0.4 is 10.6 Å². The Hall–Kier alpha value is -1.80. The van der Waals surface area contributed by atoms with Crippen LogP contribution in [0.1, 0.15) is 30.5 Å². The van der Waals surface area contributed by atoms with Crippen molar-refractivity contribution in [2.45, 2.75) is 25.8 Å². The molecule has 3 rings (SSSR count). The maximum atomic E-state index is 5.90. The standard InChI is InChI=1S/C19H24N2/c1-15-13-17-9-5-6-10-18(17)21(14-15)19(11-12-20)16-7-3-2-4-8-16/h2-10,15,19H,11-14,20H2,1H3. The van der Waals surface area contributed by atoms with Gasteiger partial charge in [-0.1, -0.05) is 55.5 Å². The maximum Gasteiger partial charge on any atom is 0.0554 e. The molecule has 0 radical (unpaired) electrons. The third-order valence-corrected chi connectivity index (χ3v) is 4.38. The van der Waals surface area contributed by atoms with E-state index in [1.54, 1.807) is 0 Å². The molecule has 2 heteroatoms. The SMILES string of the molecule is CC1Cc2ccccc2N(C(CCN)c2ccccc2)C1. The van der Waals surface area contributed by atoms with E-state index in [1.807, 2.05) is 0 Å². The van der Waals surface area contributed by atoms with Crippen molar-refractivity contribution in [2.75, 3.05) is 18.0 Å². The van der Waals surface area contributed by atoms with Gasteiger partial charge in [-0.3, -0.25) is 0 Å². The molecular weight excluding hydrogens is 256 g/mol. The van der Waals surface area contributed by atoms with Gasteiger partial charge in [-0.15, -0.1) is 0 Å². The first kappa shape index (κ1) is 14.2. The molecule has 2 aromatic rings. The predicted molar refractivity (Wildman–Crippen MR) is 89.5 cm³/mol. The monoisotopic (exact) mass is 280 g/mol. The summed E-state index contributed by atoms with van der Waals surface area (Å²) in [6.45, 7) is 4.16. The largest absolute Gasteiger partial charge is 0.364 e. The van der Waals surface area contributed by atoms with Crippen LogP contribution in [-0.2, 0) is 6.42 Å². The number of hydrogen-bond donors (Lipinski definition) is 1. The molecule has 21 heavy (non-hydrogen) atoms. The van der Waals surface area contributed by atoms with Crippen molar-refractivity contribution in [1.29, 1.82) is 0 Å². The molecule has 2 aromatic carbocycles. The summed E-state index contributed by atoms with van der Waals surface area (Å²) in [5.74, 6) is 0.684. The molecule has 2 N–H and O–H groups in total. The average Bonchev–Trinajstić information content (AvgIpc) is 2.52. The molecule has 0 saturated carbocycles. The number of para-hydroxylation sites is 1. The molecule has 0 spiro atoms. The van der Waals surface area contributed by atoms with Crippen LogP contribution in [0.3, 0.4) is 0 Å². The topological polar surface area (TPSA) is 29.3 Å². The lowest BCUT2D eigenvalue weighted by atomic mass is 9.90. The van der Waals surface area contributed by atoms with E-state index >= 15 is 0 Å². The van der Waals surface area contributed by atoms with Crippen molar-refractivity contribution in [3.8, 4) is 0 Å². The molecule has 1 aliphatic heterocycles. The van der Waals surface area contributed by atoms with Crippen LogP contribution >= 0.6 is 0 Å². The number of rotatable bonds is 4. The van der Waals surface area contributed by atoms with Crippen molar-refractivity contribution in [2.24, 2.45) is 11.7 Å². The Morgan fingerprint density at radius 2 is 1.81 bits per heavy atom. The number of hydrogen-bond acceptors (Lipinski definition) is 2. The quantitative estimate of drug-likeness (QED) is 0.923. The van der Waals surface area contributed by atoms with Gasteiger partial charge < -0.3 is 10.6 Å². The highest BCUT2D eigenvalue weighted by Crippen LogP contribution is 2.37. The van der Waals surface area contributed by atoms with Crippen molar-refractivity contribution >= 4 is 5.69 Å². The van der Waals surface area contributed by atoms with Crippen molar-refractivity contribution in [3.63, 3.8) is 0 Å². The summed E-state index contributed by atoms with van der Waals surface area (Å²) in [5.41, 5.74) is 10.1. The lowest BCUT2D eigenvalue weighted by Crippen LogP contribution is -2.38. The molecule has 2 atom stereocenters. The average molecular weight is 280 g/mol. The first-order chi connectivity index (χ1) is 10.3. The van der Waals surface area contributed by atoms with Gasteiger partial charge in [-0.2, -0.15) is 0 Å². The van der Waals surface area contributed by atoms with Crippen LogP contribution in [0.25, 0.3) is 0 Å².